The Balaban J connectivity index is 0.959. The molecule has 3 heterocycles. The van der Waals surface area contributed by atoms with E-state index in [-0.39, 0.29) is 27.6 Å². The Morgan fingerprint density at radius 1 is 0.295 bits per heavy atom. The third kappa shape index (κ3) is 14.9. The Morgan fingerprint density at radius 3 is 1.11 bits per heavy atom. The topological polar surface area (TPSA) is 24.9 Å². The molecule has 5 aliphatic rings. The zero-order valence-electron chi connectivity index (χ0n) is 65.7. The van der Waals surface area contributed by atoms with Crippen LogP contribution in [-0.4, -0.2) is 6.61 Å². The molecule has 0 spiro atoms. The molecule has 3 aliphatic heterocycles. The summed E-state index contributed by atoms with van der Waals surface area (Å²) in [6.45, 7) is 19.5. The highest BCUT2D eigenvalue weighted by Gasteiger charge is 2.55. The molecule has 9 aromatic rings. The molecule has 2 saturated heterocycles. The van der Waals surface area contributed by atoms with Gasteiger partial charge in [0.2, 0.25) is 0 Å². The van der Waals surface area contributed by atoms with Crippen LogP contribution < -0.4 is 9.80 Å². The molecule has 2 aliphatic carbocycles. The lowest BCUT2D eigenvalue weighted by atomic mass is 9.68. The van der Waals surface area contributed by atoms with E-state index in [0.29, 0.717) is 0 Å². The van der Waals surface area contributed by atoms with Crippen LogP contribution in [0.4, 0.5) is 34.1 Å². The second kappa shape index (κ2) is 33.3. The third-order valence-corrected chi connectivity index (χ3v) is 26.1. The van der Waals surface area contributed by atoms with Crippen molar-refractivity contribution in [3.05, 3.63) is 239 Å². The number of nitrogens with zero attached hydrogens (tertiary/aromatic N) is 2. The minimum atomic E-state index is -0.291. The number of anilines is 6. The lowest BCUT2D eigenvalue weighted by Gasteiger charge is -2.36. The van der Waals surface area contributed by atoms with Gasteiger partial charge in [0.05, 0.1) is 28.2 Å². The molecule has 2 bridgehead atoms. The molecule has 0 N–H and O–H groups in total. The van der Waals surface area contributed by atoms with E-state index in [1.54, 1.807) is 22.3 Å². The Kier molecular flexibility index (Phi) is 23.6. The van der Waals surface area contributed by atoms with Crippen LogP contribution in [-0.2, 0) is 43.5 Å². The summed E-state index contributed by atoms with van der Waals surface area (Å²) < 4.78 is 13.6. The van der Waals surface area contributed by atoms with E-state index in [1.807, 2.05) is 0 Å². The van der Waals surface area contributed by atoms with Crippen LogP contribution in [0.15, 0.2) is 194 Å². The first-order valence-electron chi connectivity index (χ1n) is 42.4. The number of unbranched alkanes of at least 4 members (excludes halogenated alkanes) is 20. The van der Waals surface area contributed by atoms with Crippen molar-refractivity contribution in [1.82, 2.24) is 0 Å². The Labute approximate surface area is 634 Å². The van der Waals surface area contributed by atoms with Gasteiger partial charge >= 0.3 is 0 Å². The molecule has 3 atom stereocenters. The van der Waals surface area contributed by atoms with E-state index in [9.17, 15) is 0 Å². The quantitative estimate of drug-likeness (QED) is 0.0360. The Morgan fingerprint density at radius 2 is 0.686 bits per heavy atom. The van der Waals surface area contributed by atoms with Gasteiger partial charge in [-0.2, -0.15) is 0 Å². The maximum absolute atomic E-state index is 6.91. The van der Waals surface area contributed by atoms with E-state index >= 15 is 0 Å². The second-order valence-corrected chi connectivity index (χ2v) is 33.2. The average Bonchev–Trinajstić information content (AvgIpc) is 1.53. The second-order valence-electron chi connectivity index (χ2n) is 33.2. The number of para-hydroxylation sites is 4. The molecule has 105 heavy (non-hydrogen) atoms. The zero-order chi connectivity index (χ0) is 72.4. The van der Waals surface area contributed by atoms with E-state index in [0.717, 1.165) is 64.4 Å². The van der Waals surface area contributed by atoms with Crippen LogP contribution >= 0.6 is 0 Å². The molecule has 0 radical (unpaired) electrons. The van der Waals surface area contributed by atoms with E-state index < -0.39 is 0 Å². The van der Waals surface area contributed by atoms with Crippen molar-refractivity contribution in [3.63, 3.8) is 0 Å². The molecule has 9 aromatic carbocycles. The molecule has 0 saturated carbocycles. The molecule has 2 fully saturated rings. The normalized spacial score (nSPS) is 19.0. The SMILES string of the molecule is CCCCCCCCC1(CCCCCCCC)c2cc(N(c3ccccc3)c3ccccc3-c3ccc(CC)c(C4(C)CCCO4)c3)ccc2-c2cc3c(cc21)-c1ccc(N(c2ccccc2)c2ccccc2-c2ccc4c(c2)C2(C)CCC4(C)O2)cc1C3(CCCCCCCC)CCCCCCCC. The predicted molar refractivity (Wildman–Crippen MR) is 448 cm³/mol. The molecule has 0 amide bonds. The number of fused-ring (bicyclic) bond motifs is 11. The number of aryl methyl sites for hydroxylation is 1. The average molecular weight is 1400 g/mol. The van der Waals surface area contributed by atoms with Crippen LogP contribution in [0, 0.1) is 0 Å². The van der Waals surface area contributed by atoms with Crippen molar-refractivity contribution in [2.24, 2.45) is 0 Å². The van der Waals surface area contributed by atoms with Gasteiger partial charge in [0.25, 0.3) is 0 Å². The molecule has 0 aromatic heterocycles. The first kappa shape index (κ1) is 74.4. The summed E-state index contributed by atoms with van der Waals surface area (Å²) in [6, 6.07) is 77.2. The lowest BCUT2D eigenvalue weighted by molar-refractivity contribution is -0.0662. The van der Waals surface area contributed by atoms with Gasteiger partial charge in [-0.05, 0) is 241 Å². The van der Waals surface area contributed by atoms with Crippen LogP contribution in [0.25, 0.3) is 44.5 Å². The zero-order valence-corrected chi connectivity index (χ0v) is 65.7. The first-order chi connectivity index (χ1) is 51.4. The fraction of sp³-hybridized carbons (Fsp3) is 0.465. The van der Waals surface area contributed by atoms with Gasteiger partial charge in [-0.1, -0.05) is 298 Å². The summed E-state index contributed by atoms with van der Waals surface area (Å²) in [5.74, 6) is 0. The van der Waals surface area contributed by atoms with Crippen molar-refractivity contribution in [3.8, 4) is 44.5 Å². The highest BCUT2D eigenvalue weighted by atomic mass is 16.5. The van der Waals surface area contributed by atoms with Crippen molar-refractivity contribution in [1.29, 1.82) is 0 Å². The number of rotatable bonds is 38. The van der Waals surface area contributed by atoms with Gasteiger partial charge in [0, 0.05) is 51.3 Å². The van der Waals surface area contributed by atoms with Gasteiger partial charge in [-0.25, -0.2) is 0 Å². The Hall–Kier alpha value is -7.50. The van der Waals surface area contributed by atoms with Gasteiger partial charge in [-0.15, -0.1) is 0 Å². The lowest BCUT2D eigenvalue weighted by Crippen LogP contribution is -2.27. The fourth-order valence-corrected chi connectivity index (χ4v) is 20.3. The van der Waals surface area contributed by atoms with E-state index in [4.69, 9.17) is 9.47 Å². The molecule has 14 rings (SSSR count). The van der Waals surface area contributed by atoms with Gasteiger partial charge in [0.15, 0.2) is 0 Å². The summed E-state index contributed by atoms with van der Waals surface area (Å²) in [6.07, 6.45) is 40.6. The molecule has 3 unspecified atom stereocenters. The van der Waals surface area contributed by atoms with Crippen LogP contribution in [0.5, 0.6) is 0 Å². The van der Waals surface area contributed by atoms with Gasteiger partial charge < -0.3 is 19.3 Å². The third-order valence-electron chi connectivity index (χ3n) is 26.1. The largest absolute Gasteiger partial charge is 0.371 e. The summed E-state index contributed by atoms with van der Waals surface area (Å²) in [7, 11) is 0. The molecule has 4 heteroatoms. The smallest absolute Gasteiger partial charge is 0.0920 e. The van der Waals surface area contributed by atoms with Crippen LogP contribution in [0.3, 0.4) is 0 Å². The maximum Gasteiger partial charge on any atom is 0.0920 e. The first-order valence-corrected chi connectivity index (χ1v) is 42.4. The molecular formula is C101H124N2O2. The standard InChI is InChI=1S/C101H124N2O2/c1-9-14-18-22-26-40-62-100(63-41-27-23-19-15-10-2)90-71-80(102(78-45-32-30-33-46-78)95-51-38-36-49-82(95)76-54-53-75(13-5)89(69-76)97(6)61-44-68-104-97)56-58-84(90)86-73-93-87(74-92(86)100)85-59-57-81(72-91(85)101(93,64-42-28-24-20-16-11-3)65-43-29-25-21-17-12-4)103(79-47-34-31-35-48-79)96-52-39-37-50-83(96)77-55-60-88-94(70-77)99(8)67-66-98(88,7)105-99/h30-39,45-60,69-74H,9-29,40-44,61-68H2,1-8H3. The van der Waals surface area contributed by atoms with Crippen molar-refractivity contribution >= 4 is 34.1 Å². The number of ether oxygens (including phenoxy) is 2. The van der Waals surface area contributed by atoms with Crippen LogP contribution in [0.1, 0.15) is 305 Å². The van der Waals surface area contributed by atoms with Gasteiger partial charge in [0.1, 0.15) is 0 Å². The number of hydrogen-bond donors (Lipinski definition) is 0. The highest BCUT2D eigenvalue weighted by Crippen LogP contribution is 2.64. The maximum atomic E-state index is 6.91. The summed E-state index contributed by atoms with van der Waals surface area (Å²) in [4.78, 5) is 5.22. The van der Waals surface area contributed by atoms with Crippen molar-refractivity contribution < 1.29 is 9.47 Å². The Bertz CT molecular complexity index is 4350. The number of benzene rings is 9. The molecular weight excluding hydrogens is 1270 g/mol. The monoisotopic (exact) mass is 1400 g/mol. The minimum absolute atomic E-state index is 0.174. The minimum Gasteiger partial charge on any atom is -0.371 e. The van der Waals surface area contributed by atoms with Crippen molar-refractivity contribution in [2.45, 2.75) is 295 Å². The fourth-order valence-electron chi connectivity index (χ4n) is 20.3. The predicted octanol–water partition coefficient (Wildman–Crippen LogP) is 30.3. The van der Waals surface area contributed by atoms with E-state index in [2.05, 4.69) is 259 Å². The summed E-state index contributed by atoms with van der Waals surface area (Å²) >= 11 is 0. The van der Waals surface area contributed by atoms with E-state index in [1.165, 1.54) is 255 Å². The summed E-state index contributed by atoms with van der Waals surface area (Å²) in [5.41, 5.74) is 28.8. The molecule has 4 nitrogen and oxygen atoms in total. The van der Waals surface area contributed by atoms with Gasteiger partial charge in [-0.3, -0.25) is 0 Å². The summed E-state index contributed by atoms with van der Waals surface area (Å²) in [5, 5.41) is 0. The van der Waals surface area contributed by atoms with Crippen LogP contribution in [0.2, 0.25) is 0 Å². The number of hydrogen-bond acceptors (Lipinski definition) is 4. The molecule has 550 valence electrons. The highest BCUT2D eigenvalue weighted by molar-refractivity contribution is 5.95. The van der Waals surface area contributed by atoms with Crippen molar-refractivity contribution in [2.75, 3.05) is 16.4 Å².